The molecule has 0 bridgehead atoms. The Morgan fingerprint density at radius 3 is 2.25 bits per heavy atom. The van der Waals surface area contributed by atoms with E-state index < -0.39 is 0 Å². The van der Waals surface area contributed by atoms with Crippen LogP contribution < -0.4 is 0 Å². The fourth-order valence-electron chi connectivity index (χ4n) is 0.859. The van der Waals surface area contributed by atoms with Gasteiger partial charge in [0.25, 0.3) is 0 Å². The minimum Gasteiger partial charge on any atom is -0.106 e. The standard InChI is InChI=1S/C12H18/c1-6-9-12(4,5)10-7-8-11(2)3/h11H,10H2,1-5H3. The third-order valence-corrected chi connectivity index (χ3v) is 1.38. The highest BCUT2D eigenvalue weighted by Crippen LogP contribution is 2.17. The minimum absolute atomic E-state index is 0.0522. The van der Waals surface area contributed by atoms with E-state index in [1.807, 2.05) is 6.92 Å². The average molecular weight is 162 g/mol. The zero-order valence-corrected chi connectivity index (χ0v) is 8.78. The molecular formula is C12H18. The SMILES string of the molecule is CC#CC(C)(C)CC#CC(C)C. The quantitative estimate of drug-likeness (QED) is 0.520. The molecule has 0 rings (SSSR count). The van der Waals surface area contributed by atoms with Crippen molar-refractivity contribution in [2.24, 2.45) is 11.3 Å². The first-order chi connectivity index (χ1) is 5.48. The van der Waals surface area contributed by atoms with Crippen molar-refractivity contribution in [3.63, 3.8) is 0 Å². The maximum absolute atomic E-state index is 3.16. The van der Waals surface area contributed by atoms with Gasteiger partial charge in [0.2, 0.25) is 0 Å². The molecule has 0 aliphatic rings. The Morgan fingerprint density at radius 1 is 1.25 bits per heavy atom. The second-order valence-corrected chi connectivity index (χ2v) is 3.91. The summed E-state index contributed by atoms with van der Waals surface area (Å²) >= 11 is 0. The van der Waals surface area contributed by atoms with Gasteiger partial charge in [-0.2, -0.15) is 0 Å². The summed E-state index contributed by atoms with van der Waals surface area (Å²) in [5.41, 5.74) is 0.0522. The van der Waals surface area contributed by atoms with Gasteiger partial charge >= 0.3 is 0 Å². The van der Waals surface area contributed by atoms with E-state index in [1.54, 1.807) is 0 Å². The molecule has 0 aliphatic carbocycles. The van der Waals surface area contributed by atoms with Gasteiger partial charge in [-0.25, -0.2) is 0 Å². The highest BCUT2D eigenvalue weighted by molar-refractivity contribution is 5.13. The van der Waals surface area contributed by atoms with Crippen LogP contribution in [-0.2, 0) is 0 Å². The third-order valence-electron chi connectivity index (χ3n) is 1.38. The molecule has 0 unspecified atom stereocenters. The van der Waals surface area contributed by atoms with E-state index in [-0.39, 0.29) is 5.41 Å². The summed E-state index contributed by atoms with van der Waals surface area (Å²) in [5, 5.41) is 0. The van der Waals surface area contributed by atoms with Gasteiger partial charge in [0.15, 0.2) is 0 Å². The summed E-state index contributed by atoms with van der Waals surface area (Å²) in [6.07, 6.45) is 0.867. The largest absolute Gasteiger partial charge is 0.106 e. The van der Waals surface area contributed by atoms with Crippen molar-refractivity contribution >= 4 is 0 Å². The molecule has 0 aromatic rings. The number of rotatable bonds is 1. The molecule has 0 atom stereocenters. The van der Waals surface area contributed by atoms with E-state index in [0.717, 1.165) is 6.42 Å². The summed E-state index contributed by atoms with van der Waals surface area (Å²) in [5.74, 6) is 12.8. The lowest BCUT2D eigenvalue weighted by Gasteiger charge is -2.12. The highest BCUT2D eigenvalue weighted by atomic mass is 14.1. The Kier molecular flexibility index (Phi) is 4.53. The van der Waals surface area contributed by atoms with Crippen LogP contribution in [0.4, 0.5) is 0 Å². The van der Waals surface area contributed by atoms with Crippen LogP contribution >= 0.6 is 0 Å². The van der Waals surface area contributed by atoms with Crippen LogP contribution in [0.1, 0.15) is 41.0 Å². The summed E-state index contributed by atoms with van der Waals surface area (Å²) in [6.45, 7) is 10.3. The van der Waals surface area contributed by atoms with Gasteiger partial charge in [-0.05, 0) is 20.8 Å². The molecule has 0 aliphatic heterocycles. The van der Waals surface area contributed by atoms with Gasteiger partial charge in [0.1, 0.15) is 0 Å². The van der Waals surface area contributed by atoms with Gasteiger partial charge < -0.3 is 0 Å². The third kappa shape index (κ3) is 5.87. The van der Waals surface area contributed by atoms with Crippen LogP contribution in [-0.4, -0.2) is 0 Å². The second-order valence-electron chi connectivity index (χ2n) is 3.91. The van der Waals surface area contributed by atoms with E-state index in [0.29, 0.717) is 5.92 Å². The molecule has 0 aromatic heterocycles. The summed E-state index contributed by atoms with van der Waals surface area (Å²) in [6, 6.07) is 0. The van der Waals surface area contributed by atoms with E-state index in [1.165, 1.54) is 0 Å². The lowest BCUT2D eigenvalue weighted by atomic mass is 9.90. The molecule has 0 saturated carbocycles. The molecular weight excluding hydrogens is 144 g/mol. The molecule has 0 amide bonds. The Labute approximate surface area is 76.8 Å². The molecule has 0 heteroatoms. The molecule has 12 heavy (non-hydrogen) atoms. The van der Waals surface area contributed by atoms with Crippen LogP contribution in [0.15, 0.2) is 0 Å². The van der Waals surface area contributed by atoms with E-state index in [2.05, 4.69) is 51.4 Å². The smallest absolute Gasteiger partial charge is 0.0367 e. The summed E-state index contributed by atoms with van der Waals surface area (Å²) in [7, 11) is 0. The molecule has 0 nitrogen and oxygen atoms in total. The van der Waals surface area contributed by atoms with Crippen molar-refractivity contribution < 1.29 is 0 Å². The lowest BCUT2D eigenvalue weighted by molar-refractivity contribution is 0.521. The first kappa shape index (κ1) is 11.1. The predicted octanol–water partition coefficient (Wildman–Crippen LogP) is 3.09. The normalized spacial score (nSPS) is 9.83. The maximum Gasteiger partial charge on any atom is 0.0367 e. The van der Waals surface area contributed by atoms with Gasteiger partial charge in [-0.3, -0.25) is 0 Å². The van der Waals surface area contributed by atoms with Crippen molar-refractivity contribution in [1.29, 1.82) is 0 Å². The maximum atomic E-state index is 3.16. The van der Waals surface area contributed by atoms with Gasteiger partial charge in [0, 0.05) is 17.8 Å². The highest BCUT2D eigenvalue weighted by Gasteiger charge is 2.11. The Hall–Kier alpha value is -0.880. The number of hydrogen-bond donors (Lipinski definition) is 0. The fourth-order valence-corrected chi connectivity index (χ4v) is 0.859. The average Bonchev–Trinajstić information content (AvgIpc) is 1.85. The van der Waals surface area contributed by atoms with Crippen LogP contribution in [0.3, 0.4) is 0 Å². The first-order valence-electron chi connectivity index (χ1n) is 4.40. The van der Waals surface area contributed by atoms with Crippen LogP contribution in [0.25, 0.3) is 0 Å². The zero-order chi connectivity index (χ0) is 9.61. The lowest BCUT2D eigenvalue weighted by Crippen LogP contribution is -2.06. The number of hydrogen-bond acceptors (Lipinski definition) is 0. The minimum atomic E-state index is 0.0522. The molecule has 66 valence electrons. The van der Waals surface area contributed by atoms with Crippen molar-refractivity contribution in [3.05, 3.63) is 0 Å². The molecule has 0 radical (unpaired) electrons. The van der Waals surface area contributed by atoms with Crippen molar-refractivity contribution in [1.82, 2.24) is 0 Å². The van der Waals surface area contributed by atoms with Crippen molar-refractivity contribution in [3.8, 4) is 23.7 Å². The topological polar surface area (TPSA) is 0 Å². The van der Waals surface area contributed by atoms with E-state index in [9.17, 15) is 0 Å². The van der Waals surface area contributed by atoms with Crippen LogP contribution in [0.2, 0.25) is 0 Å². The van der Waals surface area contributed by atoms with E-state index in [4.69, 9.17) is 0 Å². The molecule has 0 aromatic carbocycles. The van der Waals surface area contributed by atoms with Gasteiger partial charge in [0.05, 0.1) is 0 Å². The predicted molar refractivity (Wildman–Crippen MR) is 54.5 cm³/mol. The van der Waals surface area contributed by atoms with E-state index >= 15 is 0 Å². The molecule has 0 saturated heterocycles. The Bertz CT molecular complexity index is 235. The Morgan fingerprint density at radius 2 is 1.83 bits per heavy atom. The molecule has 0 N–H and O–H groups in total. The van der Waals surface area contributed by atoms with Crippen LogP contribution in [0.5, 0.6) is 0 Å². The van der Waals surface area contributed by atoms with Crippen LogP contribution in [0, 0.1) is 35.0 Å². The Balaban J connectivity index is 4.08. The summed E-state index contributed by atoms with van der Waals surface area (Å²) in [4.78, 5) is 0. The second kappa shape index (κ2) is 4.89. The molecule has 0 heterocycles. The summed E-state index contributed by atoms with van der Waals surface area (Å²) < 4.78 is 0. The molecule has 0 spiro atoms. The van der Waals surface area contributed by atoms with Crippen molar-refractivity contribution in [2.75, 3.05) is 0 Å². The van der Waals surface area contributed by atoms with Gasteiger partial charge in [-0.1, -0.05) is 19.8 Å². The van der Waals surface area contributed by atoms with Gasteiger partial charge in [-0.15, -0.1) is 17.8 Å². The zero-order valence-electron chi connectivity index (χ0n) is 8.78. The fraction of sp³-hybridized carbons (Fsp3) is 0.667. The molecule has 0 fully saturated rings. The monoisotopic (exact) mass is 162 g/mol. The van der Waals surface area contributed by atoms with Crippen molar-refractivity contribution in [2.45, 2.75) is 41.0 Å². The first-order valence-corrected chi connectivity index (χ1v) is 4.40.